The number of aromatic nitrogens is 1. The Morgan fingerprint density at radius 3 is 2.50 bits per heavy atom. The van der Waals surface area contributed by atoms with Gasteiger partial charge in [0.1, 0.15) is 17.2 Å². The number of halogens is 1. The molecule has 182 valence electrons. The zero-order chi connectivity index (χ0) is 24.6. The molecule has 6 nitrogen and oxygen atoms in total. The van der Waals surface area contributed by atoms with Gasteiger partial charge >= 0.3 is 0 Å². The number of nitrogens with zero attached hydrogens (tertiary/aromatic N) is 4. The van der Waals surface area contributed by atoms with Crippen molar-refractivity contribution in [1.29, 1.82) is 0 Å². The number of aryl methyl sites for hydroxylation is 1. The number of amides is 2. The maximum absolute atomic E-state index is 15.5. The van der Waals surface area contributed by atoms with Crippen molar-refractivity contribution in [2.75, 3.05) is 19.6 Å². The second-order valence-corrected chi connectivity index (χ2v) is 10.8. The Bertz CT molecular complexity index is 1470. The molecular formula is C29H27FN4O2. The molecule has 2 amide bonds. The van der Waals surface area contributed by atoms with Gasteiger partial charge in [0, 0.05) is 42.6 Å². The van der Waals surface area contributed by atoms with Crippen molar-refractivity contribution in [2.45, 2.75) is 38.1 Å². The molecule has 2 aliphatic heterocycles. The van der Waals surface area contributed by atoms with Crippen molar-refractivity contribution in [2.24, 2.45) is 16.8 Å². The van der Waals surface area contributed by atoms with E-state index in [2.05, 4.69) is 4.98 Å². The first-order chi connectivity index (χ1) is 17.4. The van der Waals surface area contributed by atoms with E-state index in [-0.39, 0.29) is 23.7 Å². The lowest BCUT2D eigenvalue weighted by molar-refractivity contribution is -0.139. The highest BCUT2D eigenvalue weighted by molar-refractivity contribution is 6.16. The van der Waals surface area contributed by atoms with Crippen LogP contribution in [0.1, 0.15) is 36.9 Å². The molecule has 0 bridgehead atoms. The monoisotopic (exact) mass is 482 g/mol. The third kappa shape index (κ3) is 3.52. The summed E-state index contributed by atoms with van der Waals surface area (Å²) >= 11 is 0. The Kier molecular flexibility index (Phi) is 4.63. The van der Waals surface area contributed by atoms with Crippen LogP contribution in [0.5, 0.6) is 0 Å². The number of pyridine rings is 1. The van der Waals surface area contributed by atoms with E-state index in [1.807, 2.05) is 48.2 Å². The summed E-state index contributed by atoms with van der Waals surface area (Å²) < 4.78 is 15.5. The molecule has 0 radical (unpaired) electrons. The van der Waals surface area contributed by atoms with Crippen LogP contribution in [0.3, 0.4) is 0 Å². The van der Waals surface area contributed by atoms with E-state index in [1.165, 1.54) is 6.07 Å². The molecule has 3 heterocycles. The molecule has 1 aromatic heterocycles. The Morgan fingerprint density at radius 1 is 1.06 bits per heavy atom. The summed E-state index contributed by atoms with van der Waals surface area (Å²) in [5, 5.41) is 1.04. The van der Waals surface area contributed by atoms with E-state index in [0.717, 1.165) is 40.6 Å². The SMILES string of the molecule is Cc1ccc2ccc(-c3ccc(C4=NC5(CC5)C(=O)N4CC4CN(C(=O)C5CC5)C4)c(F)c3)cc2n1. The first-order valence-corrected chi connectivity index (χ1v) is 12.8. The second kappa shape index (κ2) is 7.69. The summed E-state index contributed by atoms with van der Waals surface area (Å²) in [6, 6.07) is 15.1. The highest BCUT2D eigenvalue weighted by Gasteiger charge is 2.58. The van der Waals surface area contributed by atoms with Gasteiger partial charge in [-0.05, 0) is 68.0 Å². The molecule has 2 aliphatic carbocycles. The summed E-state index contributed by atoms with van der Waals surface area (Å²) in [5.74, 6) is 0.673. The van der Waals surface area contributed by atoms with Crippen molar-refractivity contribution in [3.8, 4) is 11.1 Å². The van der Waals surface area contributed by atoms with Crippen LogP contribution >= 0.6 is 0 Å². The average molecular weight is 483 g/mol. The van der Waals surface area contributed by atoms with Crippen molar-refractivity contribution in [3.05, 3.63) is 65.6 Å². The number of benzene rings is 2. The highest BCUT2D eigenvalue weighted by Crippen LogP contribution is 2.46. The predicted octanol–water partition coefficient (Wildman–Crippen LogP) is 4.34. The summed E-state index contributed by atoms with van der Waals surface area (Å²) in [4.78, 5) is 38.4. The average Bonchev–Trinajstić information content (AvgIpc) is 3.76. The fraction of sp³-hybridized carbons (Fsp3) is 0.379. The van der Waals surface area contributed by atoms with Crippen molar-refractivity contribution >= 4 is 28.6 Å². The minimum Gasteiger partial charge on any atom is -0.342 e. The van der Waals surface area contributed by atoms with Crippen LogP contribution in [-0.4, -0.2) is 57.6 Å². The normalized spacial score (nSPS) is 20.7. The quantitative estimate of drug-likeness (QED) is 0.544. The molecule has 7 rings (SSSR count). The largest absolute Gasteiger partial charge is 0.342 e. The Labute approximate surface area is 208 Å². The van der Waals surface area contributed by atoms with Gasteiger partial charge in [0.2, 0.25) is 5.91 Å². The molecular weight excluding hydrogens is 455 g/mol. The van der Waals surface area contributed by atoms with Gasteiger partial charge in [-0.25, -0.2) is 4.39 Å². The molecule has 0 N–H and O–H groups in total. The zero-order valence-corrected chi connectivity index (χ0v) is 20.2. The number of aliphatic imine (C=N–C) groups is 1. The molecule has 1 saturated heterocycles. The number of rotatable bonds is 5. The molecule has 7 heteroatoms. The molecule has 2 aromatic carbocycles. The Hall–Kier alpha value is -3.61. The minimum absolute atomic E-state index is 0.0241. The maximum atomic E-state index is 15.5. The summed E-state index contributed by atoms with van der Waals surface area (Å²) in [7, 11) is 0. The van der Waals surface area contributed by atoms with Gasteiger partial charge in [0.05, 0.1) is 11.1 Å². The topological polar surface area (TPSA) is 65.9 Å². The van der Waals surface area contributed by atoms with Crippen LogP contribution in [0, 0.1) is 24.6 Å². The third-order valence-corrected chi connectivity index (χ3v) is 7.95. The third-order valence-electron chi connectivity index (χ3n) is 7.95. The number of fused-ring (bicyclic) bond motifs is 1. The number of carbonyl (C=O) groups is 2. The molecule has 0 atom stereocenters. The number of amidine groups is 1. The van der Waals surface area contributed by atoms with Crippen LogP contribution in [0.25, 0.3) is 22.0 Å². The molecule has 3 fully saturated rings. The molecule has 2 saturated carbocycles. The standard InChI is InChI=1S/C29H27FN4O2/c1-17-2-3-19-4-7-22(13-25(19)31-17)21-8-9-23(24(30)12-21)26-32-29(10-11-29)28(36)34(26)16-18-14-33(15-18)27(35)20-5-6-20/h2-4,7-9,12-13,18,20H,5-6,10-11,14-16H2,1H3. The van der Waals surface area contributed by atoms with Gasteiger partial charge < -0.3 is 4.90 Å². The zero-order valence-electron chi connectivity index (χ0n) is 20.2. The molecule has 4 aliphatic rings. The van der Waals surface area contributed by atoms with Crippen LogP contribution in [0.4, 0.5) is 4.39 Å². The molecule has 1 spiro atoms. The smallest absolute Gasteiger partial charge is 0.256 e. The number of carbonyl (C=O) groups excluding carboxylic acids is 2. The summed E-state index contributed by atoms with van der Waals surface area (Å²) in [5.41, 5.74) is 3.12. The van der Waals surface area contributed by atoms with Crippen LogP contribution < -0.4 is 0 Å². The summed E-state index contributed by atoms with van der Waals surface area (Å²) in [6.07, 6.45) is 3.42. The minimum atomic E-state index is -0.699. The molecule has 3 aromatic rings. The van der Waals surface area contributed by atoms with Crippen molar-refractivity contribution in [1.82, 2.24) is 14.8 Å². The lowest BCUT2D eigenvalue weighted by Gasteiger charge is -2.41. The van der Waals surface area contributed by atoms with Gasteiger partial charge in [-0.1, -0.05) is 24.3 Å². The summed E-state index contributed by atoms with van der Waals surface area (Å²) in [6.45, 7) is 3.76. The van der Waals surface area contributed by atoms with E-state index in [1.54, 1.807) is 11.0 Å². The molecule has 36 heavy (non-hydrogen) atoms. The van der Waals surface area contributed by atoms with Crippen LogP contribution in [0.15, 0.2) is 53.5 Å². The lowest BCUT2D eigenvalue weighted by atomic mass is 9.97. The van der Waals surface area contributed by atoms with Crippen LogP contribution in [-0.2, 0) is 9.59 Å². The van der Waals surface area contributed by atoms with E-state index in [0.29, 0.717) is 43.9 Å². The number of likely N-dealkylation sites (tertiary alicyclic amines) is 1. The van der Waals surface area contributed by atoms with Gasteiger partial charge in [-0.15, -0.1) is 0 Å². The van der Waals surface area contributed by atoms with E-state index >= 15 is 4.39 Å². The fourth-order valence-corrected chi connectivity index (χ4v) is 5.46. The number of hydrogen-bond donors (Lipinski definition) is 0. The van der Waals surface area contributed by atoms with Gasteiger partial charge in [0.15, 0.2) is 0 Å². The van der Waals surface area contributed by atoms with Crippen LogP contribution in [0.2, 0.25) is 0 Å². The van der Waals surface area contributed by atoms with Gasteiger partial charge in [-0.3, -0.25) is 24.5 Å². The first kappa shape index (κ1) is 21.7. The van der Waals surface area contributed by atoms with Crippen molar-refractivity contribution in [3.63, 3.8) is 0 Å². The highest BCUT2D eigenvalue weighted by atomic mass is 19.1. The Morgan fingerprint density at radius 2 is 1.78 bits per heavy atom. The van der Waals surface area contributed by atoms with E-state index < -0.39 is 11.4 Å². The van der Waals surface area contributed by atoms with E-state index in [4.69, 9.17) is 4.99 Å². The van der Waals surface area contributed by atoms with Gasteiger partial charge in [-0.2, -0.15) is 0 Å². The van der Waals surface area contributed by atoms with E-state index in [9.17, 15) is 9.59 Å². The Balaban J connectivity index is 1.15. The maximum Gasteiger partial charge on any atom is 0.256 e. The number of hydrogen-bond acceptors (Lipinski definition) is 4. The molecule has 0 unspecified atom stereocenters. The fourth-order valence-electron chi connectivity index (χ4n) is 5.46. The second-order valence-electron chi connectivity index (χ2n) is 10.8. The first-order valence-electron chi connectivity index (χ1n) is 12.8. The van der Waals surface area contributed by atoms with Gasteiger partial charge in [0.25, 0.3) is 5.91 Å². The lowest BCUT2D eigenvalue weighted by Crippen LogP contribution is -2.55. The predicted molar refractivity (Wildman–Crippen MR) is 135 cm³/mol. The van der Waals surface area contributed by atoms with Crippen molar-refractivity contribution < 1.29 is 14.0 Å².